The third-order valence-corrected chi connectivity index (χ3v) is 4.53. The highest BCUT2D eigenvalue weighted by Gasteiger charge is 2.13. The van der Waals surface area contributed by atoms with Crippen LogP contribution in [0, 0.1) is 0 Å². The number of anilines is 1. The minimum Gasteiger partial charge on any atom is -0.461 e. The number of hydrogen-bond acceptors (Lipinski definition) is 7. The number of amides is 1. The molecule has 2 aromatic heterocycles. The van der Waals surface area contributed by atoms with Gasteiger partial charge in [0.15, 0.2) is 10.8 Å². The van der Waals surface area contributed by atoms with E-state index in [1.54, 1.807) is 25.1 Å². The molecule has 9 heteroatoms. The van der Waals surface area contributed by atoms with Gasteiger partial charge in [0.25, 0.3) is 5.56 Å². The summed E-state index contributed by atoms with van der Waals surface area (Å²) in [7, 11) is 0. The van der Waals surface area contributed by atoms with Crippen LogP contribution in [0.5, 0.6) is 0 Å². The number of carbonyl (C=O) groups is 2. The van der Waals surface area contributed by atoms with E-state index in [1.807, 2.05) is 6.07 Å². The van der Waals surface area contributed by atoms with Crippen molar-refractivity contribution in [3.05, 3.63) is 52.0 Å². The van der Waals surface area contributed by atoms with Crippen LogP contribution in [0.15, 0.2) is 40.8 Å². The molecule has 0 radical (unpaired) electrons. The largest absolute Gasteiger partial charge is 0.461 e. The van der Waals surface area contributed by atoms with E-state index in [9.17, 15) is 14.4 Å². The monoisotopic (exact) mass is 386 g/mol. The highest BCUT2D eigenvalue weighted by molar-refractivity contribution is 7.14. The zero-order chi connectivity index (χ0) is 19.2. The molecule has 0 bridgehead atoms. The molecular weight excluding hydrogens is 368 g/mol. The number of aromatic nitrogens is 3. The molecule has 27 heavy (non-hydrogen) atoms. The molecule has 0 saturated carbocycles. The third kappa shape index (κ3) is 4.56. The van der Waals surface area contributed by atoms with Gasteiger partial charge in [-0.1, -0.05) is 12.1 Å². The van der Waals surface area contributed by atoms with Crippen LogP contribution in [0.25, 0.3) is 10.9 Å². The maximum atomic E-state index is 12.4. The molecule has 1 aromatic carbocycles. The second kappa shape index (κ2) is 8.54. The van der Waals surface area contributed by atoms with Crippen LogP contribution >= 0.6 is 11.3 Å². The quantitative estimate of drug-likeness (QED) is 0.626. The van der Waals surface area contributed by atoms with Crippen molar-refractivity contribution in [2.75, 3.05) is 11.9 Å². The van der Waals surface area contributed by atoms with Gasteiger partial charge in [-0.05, 0) is 25.5 Å². The van der Waals surface area contributed by atoms with Gasteiger partial charge < -0.3 is 10.1 Å². The van der Waals surface area contributed by atoms with Crippen molar-refractivity contribution in [3.8, 4) is 0 Å². The summed E-state index contributed by atoms with van der Waals surface area (Å²) in [5, 5.41) is 5.08. The number of thiazole rings is 1. The molecule has 2 heterocycles. The van der Waals surface area contributed by atoms with Crippen LogP contribution in [-0.4, -0.2) is 33.0 Å². The summed E-state index contributed by atoms with van der Waals surface area (Å²) < 4.78 is 6.35. The predicted molar refractivity (Wildman–Crippen MR) is 102 cm³/mol. The lowest BCUT2D eigenvalue weighted by atomic mass is 10.2. The van der Waals surface area contributed by atoms with Crippen molar-refractivity contribution in [2.45, 2.75) is 26.3 Å². The molecule has 0 unspecified atom stereocenters. The first-order chi connectivity index (χ1) is 13.1. The van der Waals surface area contributed by atoms with E-state index >= 15 is 0 Å². The molecule has 0 aliphatic rings. The fourth-order valence-corrected chi connectivity index (χ4v) is 3.18. The summed E-state index contributed by atoms with van der Waals surface area (Å²) in [6.07, 6.45) is 2.18. The molecule has 8 nitrogen and oxygen atoms in total. The van der Waals surface area contributed by atoms with Crippen molar-refractivity contribution in [1.29, 1.82) is 0 Å². The van der Waals surface area contributed by atoms with E-state index in [0.29, 0.717) is 29.0 Å². The molecule has 140 valence electrons. The Hall–Kier alpha value is -3.07. The average molecular weight is 386 g/mol. The number of fused-ring (bicyclic) bond motifs is 1. The molecule has 0 spiro atoms. The summed E-state index contributed by atoms with van der Waals surface area (Å²) in [4.78, 5) is 44.3. The summed E-state index contributed by atoms with van der Waals surface area (Å²) >= 11 is 1.16. The number of aryl methyl sites for hydroxylation is 1. The van der Waals surface area contributed by atoms with E-state index in [2.05, 4.69) is 15.3 Å². The topological polar surface area (TPSA) is 103 Å². The van der Waals surface area contributed by atoms with Gasteiger partial charge in [-0.2, -0.15) is 0 Å². The summed E-state index contributed by atoms with van der Waals surface area (Å²) in [5.74, 6) is -0.751. The SMILES string of the molecule is CCOC(=O)c1csc(NC(=O)CCCn2cnc3ccccc3c2=O)n1. The molecule has 0 atom stereocenters. The first kappa shape index (κ1) is 18.7. The molecule has 0 saturated heterocycles. The number of hydrogen-bond donors (Lipinski definition) is 1. The third-order valence-electron chi connectivity index (χ3n) is 3.77. The van der Waals surface area contributed by atoms with Crippen LogP contribution in [0.3, 0.4) is 0 Å². The number of nitrogens with zero attached hydrogens (tertiary/aromatic N) is 3. The molecule has 0 fully saturated rings. The van der Waals surface area contributed by atoms with Gasteiger partial charge in [0, 0.05) is 18.3 Å². The van der Waals surface area contributed by atoms with Gasteiger partial charge in [0.1, 0.15) is 0 Å². The van der Waals surface area contributed by atoms with Gasteiger partial charge in [0.05, 0.1) is 23.8 Å². The van der Waals surface area contributed by atoms with E-state index in [-0.39, 0.29) is 30.2 Å². The fourth-order valence-electron chi connectivity index (χ4n) is 2.49. The lowest BCUT2D eigenvalue weighted by molar-refractivity contribution is -0.116. The molecule has 1 N–H and O–H groups in total. The van der Waals surface area contributed by atoms with Crippen LogP contribution in [0.1, 0.15) is 30.3 Å². The van der Waals surface area contributed by atoms with Crippen molar-refractivity contribution < 1.29 is 14.3 Å². The van der Waals surface area contributed by atoms with Gasteiger partial charge in [0.2, 0.25) is 5.91 Å². The standard InChI is InChI=1S/C18H18N4O4S/c1-2-26-17(25)14-10-27-18(20-14)21-15(23)8-5-9-22-11-19-13-7-4-3-6-12(13)16(22)24/h3-4,6-7,10-11H,2,5,8-9H2,1H3,(H,20,21,23). The van der Waals surface area contributed by atoms with Crippen molar-refractivity contribution >= 4 is 39.2 Å². The first-order valence-corrected chi connectivity index (χ1v) is 9.33. The zero-order valence-electron chi connectivity index (χ0n) is 14.7. The average Bonchev–Trinajstić information content (AvgIpc) is 3.12. The number of esters is 1. The number of rotatable bonds is 7. The number of nitrogens with one attached hydrogen (secondary N) is 1. The number of benzene rings is 1. The normalized spacial score (nSPS) is 10.7. The predicted octanol–water partition coefficient (Wildman–Crippen LogP) is 2.45. The van der Waals surface area contributed by atoms with Crippen LogP contribution < -0.4 is 10.9 Å². The second-order valence-corrected chi connectivity index (χ2v) is 6.53. The van der Waals surface area contributed by atoms with E-state index in [1.165, 1.54) is 16.3 Å². The second-order valence-electron chi connectivity index (χ2n) is 5.67. The van der Waals surface area contributed by atoms with Gasteiger partial charge >= 0.3 is 5.97 Å². The van der Waals surface area contributed by atoms with E-state index in [0.717, 1.165) is 11.3 Å². The summed E-state index contributed by atoms with van der Waals surface area (Å²) in [6.45, 7) is 2.36. The summed E-state index contributed by atoms with van der Waals surface area (Å²) in [6, 6.07) is 7.14. The Kier molecular flexibility index (Phi) is 5.92. The number of carbonyl (C=O) groups excluding carboxylic acids is 2. The van der Waals surface area contributed by atoms with Gasteiger partial charge in [-0.15, -0.1) is 11.3 Å². The number of ether oxygens (including phenoxy) is 1. The van der Waals surface area contributed by atoms with E-state index in [4.69, 9.17) is 4.74 Å². The Morgan fingerprint density at radius 3 is 2.93 bits per heavy atom. The number of para-hydroxylation sites is 1. The van der Waals surface area contributed by atoms with Crippen LogP contribution in [0.4, 0.5) is 5.13 Å². The van der Waals surface area contributed by atoms with Crippen LogP contribution in [-0.2, 0) is 16.1 Å². The molecule has 3 aromatic rings. The lowest BCUT2D eigenvalue weighted by Gasteiger charge is -2.06. The highest BCUT2D eigenvalue weighted by Crippen LogP contribution is 2.16. The first-order valence-electron chi connectivity index (χ1n) is 8.45. The van der Waals surface area contributed by atoms with E-state index < -0.39 is 5.97 Å². The van der Waals surface area contributed by atoms with Gasteiger partial charge in [-0.25, -0.2) is 14.8 Å². The van der Waals surface area contributed by atoms with Gasteiger partial charge in [-0.3, -0.25) is 14.2 Å². The zero-order valence-corrected chi connectivity index (χ0v) is 15.5. The van der Waals surface area contributed by atoms with Crippen molar-refractivity contribution in [3.63, 3.8) is 0 Å². The Labute approximate surface area is 158 Å². The summed E-state index contributed by atoms with van der Waals surface area (Å²) in [5.41, 5.74) is 0.698. The lowest BCUT2D eigenvalue weighted by Crippen LogP contribution is -2.21. The smallest absolute Gasteiger partial charge is 0.357 e. The van der Waals surface area contributed by atoms with Crippen LogP contribution in [0.2, 0.25) is 0 Å². The maximum absolute atomic E-state index is 12.4. The Balaban J connectivity index is 1.54. The van der Waals surface area contributed by atoms with Crippen molar-refractivity contribution in [2.24, 2.45) is 0 Å². The Bertz CT molecular complexity index is 1030. The fraction of sp³-hybridized carbons (Fsp3) is 0.278. The molecule has 0 aliphatic heterocycles. The maximum Gasteiger partial charge on any atom is 0.357 e. The van der Waals surface area contributed by atoms with Crippen molar-refractivity contribution in [1.82, 2.24) is 14.5 Å². The minimum absolute atomic E-state index is 0.125. The molecule has 1 amide bonds. The Morgan fingerprint density at radius 1 is 1.30 bits per heavy atom. The Morgan fingerprint density at radius 2 is 2.11 bits per heavy atom. The molecule has 0 aliphatic carbocycles. The molecule has 3 rings (SSSR count). The molecular formula is C18H18N4O4S. The highest BCUT2D eigenvalue weighted by atomic mass is 32.1. The minimum atomic E-state index is -0.516.